The second-order valence-corrected chi connectivity index (χ2v) is 1.47. The number of allylic oxidation sites excluding steroid dienone is 2. The van der Waals surface area contributed by atoms with Gasteiger partial charge >= 0.3 is 0 Å². The topological polar surface area (TPSA) is 0 Å². The normalized spacial score (nSPS) is 7.50. The third-order valence-electron chi connectivity index (χ3n) is 0.551. The van der Waals surface area contributed by atoms with Crippen LogP contribution in [0.3, 0.4) is 0 Å². The maximum atomic E-state index is 3.65. The van der Waals surface area contributed by atoms with Gasteiger partial charge in [-0.05, 0) is 6.16 Å². The molecule has 0 aromatic carbocycles. The van der Waals surface area contributed by atoms with E-state index in [9.17, 15) is 0 Å². The molecule has 0 aliphatic heterocycles. The quantitative estimate of drug-likeness (QED) is 0.365. The number of rotatable bonds is 2. The molecule has 1 atom stereocenters. The summed E-state index contributed by atoms with van der Waals surface area (Å²) in [6.45, 7) is 7.17. The summed E-state index contributed by atoms with van der Waals surface area (Å²) in [5.74, 6) is 0. The summed E-state index contributed by atoms with van der Waals surface area (Å²) >= 11 is 0. The molecule has 1 unspecified atom stereocenters. The van der Waals surface area contributed by atoms with E-state index in [0.717, 1.165) is 11.7 Å². The molecule has 0 aliphatic carbocycles. The van der Waals surface area contributed by atoms with E-state index in [0.29, 0.717) is 0 Å². The zero-order valence-electron chi connectivity index (χ0n) is 3.78. The Balaban J connectivity index is 3.23. The fraction of sp³-hybridized carbons (Fsp3) is 0.200. The van der Waals surface area contributed by atoms with Crippen molar-refractivity contribution in [3.63, 3.8) is 0 Å². The first kappa shape index (κ1) is 5.91. The largest absolute Gasteiger partial charge is 0.133 e. The van der Waals surface area contributed by atoms with E-state index < -0.39 is 0 Å². The Morgan fingerprint density at radius 3 is 2.33 bits per heavy atom. The van der Waals surface area contributed by atoms with Crippen molar-refractivity contribution in [1.29, 1.82) is 0 Å². The van der Waals surface area contributed by atoms with Gasteiger partial charge in [-0.3, -0.25) is 0 Å². The highest BCUT2D eigenvalue weighted by Crippen LogP contribution is 1.94. The molecule has 0 bridgehead atoms. The van der Waals surface area contributed by atoms with Gasteiger partial charge in [-0.15, -0.1) is 9.24 Å². The molecule has 0 saturated carbocycles. The van der Waals surface area contributed by atoms with Crippen LogP contribution in [0.15, 0.2) is 24.8 Å². The van der Waals surface area contributed by atoms with Crippen LogP contribution >= 0.6 is 9.24 Å². The maximum Gasteiger partial charge on any atom is -0.0135 e. The summed E-state index contributed by atoms with van der Waals surface area (Å²) < 4.78 is 0. The van der Waals surface area contributed by atoms with Crippen LogP contribution in [-0.4, -0.2) is 6.16 Å². The van der Waals surface area contributed by atoms with Crippen LogP contribution in [0.1, 0.15) is 0 Å². The number of hydrogen-bond acceptors (Lipinski definition) is 0. The molecule has 0 rings (SSSR count). The second-order valence-electron chi connectivity index (χ2n) is 1.07. The third-order valence-corrected chi connectivity index (χ3v) is 1.08. The summed E-state index contributed by atoms with van der Waals surface area (Å²) in [6, 6.07) is 0. The van der Waals surface area contributed by atoms with Crippen LogP contribution in [0.5, 0.6) is 0 Å². The molecule has 0 aromatic heterocycles. The average Bonchev–Trinajstić information content (AvgIpc) is 1.65. The Hall–Kier alpha value is -0.0900. The van der Waals surface area contributed by atoms with E-state index >= 15 is 0 Å². The highest BCUT2D eigenvalue weighted by atomic mass is 31.0. The molecule has 0 N–H and O–H groups in total. The standard InChI is InChI=1S/C5H9P/c1-3-5(2)4-6/h3H,1-2,4,6H2. The van der Waals surface area contributed by atoms with Crippen LogP contribution in [0.25, 0.3) is 0 Å². The van der Waals surface area contributed by atoms with E-state index in [1.165, 1.54) is 0 Å². The second kappa shape index (κ2) is 3.11. The zero-order chi connectivity index (χ0) is 4.99. The smallest absolute Gasteiger partial charge is 0.0135 e. The lowest BCUT2D eigenvalue weighted by Gasteiger charge is -1.83. The highest BCUT2D eigenvalue weighted by Gasteiger charge is 1.72. The molecule has 34 valence electrons. The summed E-state index contributed by atoms with van der Waals surface area (Å²) in [6.07, 6.45) is 2.69. The first-order chi connectivity index (χ1) is 2.81. The summed E-state index contributed by atoms with van der Waals surface area (Å²) in [5.41, 5.74) is 1.07. The fourth-order valence-corrected chi connectivity index (χ4v) is 0.250. The summed E-state index contributed by atoms with van der Waals surface area (Å²) in [5, 5.41) is 0. The number of hydrogen-bond donors (Lipinski definition) is 0. The summed E-state index contributed by atoms with van der Waals surface area (Å²) in [4.78, 5) is 0. The van der Waals surface area contributed by atoms with Gasteiger partial charge in [0.1, 0.15) is 0 Å². The van der Waals surface area contributed by atoms with Gasteiger partial charge < -0.3 is 0 Å². The van der Waals surface area contributed by atoms with Crippen molar-refractivity contribution in [1.82, 2.24) is 0 Å². The first-order valence-electron chi connectivity index (χ1n) is 1.81. The molecule has 0 nitrogen and oxygen atoms in total. The Bertz CT molecular complexity index is 64.3. The average molecular weight is 100 g/mol. The lowest BCUT2D eigenvalue weighted by atomic mass is 10.4. The SMILES string of the molecule is C=CC(=C)CP. The van der Waals surface area contributed by atoms with Gasteiger partial charge in [-0.25, -0.2) is 0 Å². The van der Waals surface area contributed by atoms with Gasteiger partial charge in [0, 0.05) is 0 Å². The molecule has 0 amide bonds. The van der Waals surface area contributed by atoms with Gasteiger partial charge in [-0.1, -0.05) is 24.8 Å². The van der Waals surface area contributed by atoms with Gasteiger partial charge in [0.2, 0.25) is 0 Å². The Morgan fingerprint density at radius 1 is 1.83 bits per heavy atom. The Labute approximate surface area is 41.1 Å². The van der Waals surface area contributed by atoms with Crippen molar-refractivity contribution >= 4 is 9.24 Å². The molecule has 1 heteroatoms. The van der Waals surface area contributed by atoms with Crippen LogP contribution in [0, 0.1) is 0 Å². The van der Waals surface area contributed by atoms with E-state index in [1.807, 2.05) is 0 Å². The molecular weight excluding hydrogens is 91.0 g/mol. The fourth-order valence-electron chi connectivity index (χ4n) is 0.0833. The Morgan fingerprint density at radius 2 is 2.33 bits per heavy atom. The van der Waals surface area contributed by atoms with Crippen molar-refractivity contribution in [3.8, 4) is 0 Å². The monoisotopic (exact) mass is 100 g/mol. The molecule has 0 spiro atoms. The van der Waals surface area contributed by atoms with E-state index in [2.05, 4.69) is 22.4 Å². The van der Waals surface area contributed by atoms with Crippen molar-refractivity contribution in [3.05, 3.63) is 24.8 Å². The van der Waals surface area contributed by atoms with Crippen molar-refractivity contribution in [2.24, 2.45) is 0 Å². The minimum atomic E-state index is 0.934. The van der Waals surface area contributed by atoms with Crippen molar-refractivity contribution in [2.45, 2.75) is 0 Å². The third kappa shape index (κ3) is 2.17. The first-order valence-corrected chi connectivity index (χ1v) is 2.63. The predicted molar refractivity (Wildman–Crippen MR) is 33.9 cm³/mol. The maximum absolute atomic E-state index is 3.65. The van der Waals surface area contributed by atoms with Gasteiger partial charge in [0.15, 0.2) is 0 Å². The van der Waals surface area contributed by atoms with Crippen LogP contribution in [0.2, 0.25) is 0 Å². The molecule has 0 heterocycles. The van der Waals surface area contributed by atoms with Gasteiger partial charge in [-0.2, -0.15) is 0 Å². The molecule has 0 fully saturated rings. The van der Waals surface area contributed by atoms with Crippen molar-refractivity contribution < 1.29 is 0 Å². The van der Waals surface area contributed by atoms with Gasteiger partial charge in [0.05, 0.1) is 0 Å². The molecule has 0 aliphatic rings. The molecule has 0 saturated heterocycles. The Kier molecular flexibility index (Phi) is 3.07. The molecule has 6 heavy (non-hydrogen) atoms. The van der Waals surface area contributed by atoms with Gasteiger partial charge in [0.25, 0.3) is 0 Å². The summed E-state index contributed by atoms with van der Waals surface area (Å²) in [7, 11) is 2.57. The molecule has 0 aromatic rings. The molecular formula is C5H9P. The van der Waals surface area contributed by atoms with Crippen LogP contribution < -0.4 is 0 Å². The lowest BCUT2D eigenvalue weighted by Crippen LogP contribution is -1.68. The van der Waals surface area contributed by atoms with Crippen LogP contribution in [0.4, 0.5) is 0 Å². The van der Waals surface area contributed by atoms with Crippen LogP contribution in [-0.2, 0) is 0 Å². The predicted octanol–water partition coefficient (Wildman–Crippen LogP) is 1.60. The minimum absolute atomic E-state index is 0.934. The van der Waals surface area contributed by atoms with E-state index in [-0.39, 0.29) is 0 Å². The van der Waals surface area contributed by atoms with E-state index in [1.54, 1.807) is 6.08 Å². The lowest BCUT2D eigenvalue weighted by molar-refractivity contribution is 1.60. The highest BCUT2D eigenvalue weighted by molar-refractivity contribution is 7.16. The van der Waals surface area contributed by atoms with E-state index in [4.69, 9.17) is 0 Å². The minimum Gasteiger partial charge on any atom is -0.133 e. The molecule has 0 radical (unpaired) electrons. The zero-order valence-corrected chi connectivity index (χ0v) is 4.93. The van der Waals surface area contributed by atoms with Crippen molar-refractivity contribution in [2.75, 3.05) is 6.16 Å².